The number of hydrogen-bond acceptors (Lipinski definition) is 3. The highest BCUT2D eigenvalue weighted by atomic mass is 16.5. The van der Waals surface area contributed by atoms with Gasteiger partial charge in [-0.25, -0.2) is 0 Å². The zero-order valence-corrected chi connectivity index (χ0v) is 12.4. The van der Waals surface area contributed by atoms with E-state index in [4.69, 9.17) is 9.47 Å². The minimum absolute atomic E-state index is 0.364. The van der Waals surface area contributed by atoms with Crippen LogP contribution in [0.3, 0.4) is 0 Å². The van der Waals surface area contributed by atoms with Crippen LogP contribution in [-0.4, -0.2) is 26.9 Å². The van der Waals surface area contributed by atoms with Crippen LogP contribution in [0.2, 0.25) is 0 Å². The third-order valence-corrected chi connectivity index (χ3v) is 3.06. The summed E-state index contributed by atoms with van der Waals surface area (Å²) < 4.78 is 10.8. The van der Waals surface area contributed by atoms with Crippen LogP contribution in [0.4, 0.5) is 0 Å². The SMILES string of the molecule is CCCNC(CCOCCC)c1ccc(OC)cc1. The lowest BCUT2D eigenvalue weighted by Crippen LogP contribution is -2.23. The maximum Gasteiger partial charge on any atom is 0.118 e. The number of benzene rings is 1. The maximum atomic E-state index is 5.59. The van der Waals surface area contributed by atoms with Crippen LogP contribution in [0.15, 0.2) is 24.3 Å². The molecule has 0 radical (unpaired) electrons. The molecule has 0 aromatic heterocycles. The van der Waals surface area contributed by atoms with Crippen molar-refractivity contribution in [3.8, 4) is 5.75 Å². The molecule has 108 valence electrons. The minimum atomic E-state index is 0.364. The highest BCUT2D eigenvalue weighted by molar-refractivity contribution is 5.29. The van der Waals surface area contributed by atoms with Crippen molar-refractivity contribution in [2.45, 2.75) is 39.2 Å². The minimum Gasteiger partial charge on any atom is -0.497 e. The summed E-state index contributed by atoms with van der Waals surface area (Å²) in [6, 6.07) is 8.66. The number of nitrogens with one attached hydrogen (secondary N) is 1. The van der Waals surface area contributed by atoms with Gasteiger partial charge in [-0.1, -0.05) is 26.0 Å². The summed E-state index contributed by atoms with van der Waals surface area (Å²) in [4.78, 5) is 0. The summed E-state index contributed by atoms with van der Waals surface area (Å²) in [6.45, 7) is 7.01. The average molecular weight is 265 g/mol. The monoisotopic (exact) mass is 265 g/mol. The summed E-state index contributed by atoms with van der Waals surface area (Å²) in [5.41, 5.74) is 1.30. The fraction of sp³-hybridized carbons (Fsp3) is 0.625. The van der Waals surface area contributed by atoms with Gasteiger partial charge in [0.25, 0.3) is 0 Å². The Morgan fingerprint density at radius 2 is 1.79 bits per heavy atom. The Morgan fingerprint density at radius 1 is 1.05 bits per heavy atom. The van der Waals surface area contributed by atoms with Gasteiger partial charge in [0, 0.05) is 19.3 Å². The van der Waals surface area contributed by atoms with Crippen LogP contribution in [0.5, 0.6) is 5.75 Å². The molecular weight excluding hydrogens is 238 g/mol. The second kappa shape index (κ2) is 9.82. The van der Waals surface area contributed by atoms with Crippen LogP contribution >= 0.6 is 0 Å². The second-order valence-corrected chi connectivity index (χ2v) is 4.68. The van der Waals surface area contributed by atoms with Gasteiger partial charge >= 0.3 is 0 Å². The third-order valence-electron chi connectivity index (χ3n) is 3.06. The summed E-state index contributed by atoms with van der Waals surface area (Å²) in [5, 5.41) is 3.58. The Morgan fingerprint density at radius 3 is 2.37 bits per heavy atom. The van der Waals surface area contributed by atoms with E-state index in [0.717, 1.165) is 44.8 Å². The summed E-state index contributed by atoms with van der Waals surface area (Å²) in [5.74, 6) is 0.903. The molecule has 0 saturated carbocycles. The first-order valence-corrected chi connectivity index (χ1v) is 7.26. The Kier molecular flexibility index (Phi) is 8.26. The average Bonchev–Trinajstić information content (AvgIpc) is 2.47. The first-order chi connectivity index (χ1) is 9.31. The predicted octanol–water partition coefficient (Wildman–Crippen LogP) is 3.55. The number of hydrogen-bond donors (Lipinski definition) is 1. The molecule has 1 rings (SSSR count). The van der Waals surface area contributed by atoms with Gasteiger partial charge < -0.3 is 14.8 Å². The molecule has 0 amide bonds. The van der Waals surface area contributed by atoms with Crippen LogP contribution in [0.1, 0.15) is 44.7 Å². The highest BCUT2D eigenvalue weighted by Gasteiger charge is 2.10. The van der Waals surface area contributed by atoms with Crippen molar-refractivity contribution < 1.29 is 9.47 Å². The fourth-order valence-electron chi connectivity index (χ4n) is 1.99. The Balaban J connectivity index is 2.55. The van der Waals surface area contributed by atoms with E-state index in [-0.39, 0.29) is 0 Å². The normalized spacial score (nSPS) is 12.4. The van der Waals surface area contributed by atoms with Gasteiger partial charge in [0.15, 0.2) is 0 Å². The van der Waals surface area contributed by atoms with Gasteiger partial charge in [-0.3, -0.25) is 0 Å². The lowest BCUT2D eigenvalue weighted by Gasteiger charge is -2.19. The molecule has 1 aromatic carbocycles. The van der Waals surface area contributed by atoms with E-state index in [0.29, 0.717) is 6.04 Å². The molecule has 0 aliphatic heterocycles. The molecule has 0 bridgehead atoms. The van der Waals surface area contributed by atoms with Crippen molar-refractivity contribution >= 4 is 0 Å². The molecule has 1 aromatic rings. The molecule has 0 aliphatic carbocycles. The lowest BCUT2D eigenvalue weighted by atomic mass is 10.0. The highest BCUT2D eigenvalue weighted by Crippen LogP contribution is 2.20. The van der Waals surface area contributed by atoms with Gasteiger partial charge in [-0.05, 0) is 43.5 Å². The predicted molar refractivity (Wildman–Crippen MR) is 79.8 cm³/mol. The molecule has 1 atom stereocenters. The van der Waals surface area contributed by atoms with Gasteiger partial charge in [-0.15, -0.1) is 0 Å². The van der Waals surface area contributed by atoms with E-state index < -0.39 is 0 Å². The van der Waals surface area contributed by atoms with E-state index >= 15 is 0 Å². The smallest absolute Gasteiger partial charge is 0.118 e. The zero-order chi connectivity index (χ0) is 13.9. The van der Waals surface area contributed by atoms with E-state index in [9.17, 15) is 0 Å². The molecule has 1 N–H and O–H groups in total. The van der Waals surface area contributed by atoms with Crippen LogP contribution < -0.4 is 10.1 Å². The van der Waals surface area contributed by atoms with Gasteiger partial charge in [0.1, 0.15) is 5.75 Å². The van der Waals surface area contributed by atoms with E-state index in [1.807, 2.05) is 12.1 Å². The molecule has 19 heavy (non-hydrogen) atoms. The van der Waals surface area contributed by atoms with Crippen LogP contribution in [0, 0.1) is 0 Å². The Hall–Kier alpha value is -1.06. The quantitative estimate of drug-likeness (QED) is 0.656. The molecule has 0 fully saturated rings. The topological polar surface area (TPSA) is 30.5 Å². The fourth-order valence-corrected chi connectivity index (χ4v) is 1.99. The maximum absolute atomic E-state index is 5.59. The van der Waals surface area contributed by atoms with Gasteiger partial charge in [0.2, 0.25) is 0 Å². The van der Waals surface area contributed by atoms with Crippen molar-refractivity contribution in [1.29, 1.82) is 0 Å². The molecule has 3 heteroatoms. The standard InChI is InChI=1S/C16H27NO2/c1-4-11-17-16(10-13-19-12-5-2)14-6-8-15(18-3)9-7-14/h6-9,16-17H,4-5,10-13H2,1-3H3. The molecule has 0 heterocycles. The van der Waals surface area contributed by atoms with E-state index in [1.54, 1.807) is 7.11 Å². The van der Waals surface area contributed by atoms with Gasteiger partial charge in [0.05, 0.1) is 7.11 Å². The number of ether oxygens (including phenoxy) is 2. The first kappa shape index (κ1) is 16.0. The van der Waals surface area contributed by atoms with Crippen molar-refractivity contribution in [2.24, 2.45) is 0 Å². The summed E-state index contributed by atoms with van der Waals surface area (Å²) >= 11 is 0. The van der Waals surface area contributed by atoms with Crippen LogP contribution in [-0.2, 0) is 4.74 Å². The molecule has 0 spiro atoms. The summed E-state index contributed by atoms with van der Waals surface area (Å²) in [7, 11) is 1.69. The largest absolute Gasteiger partial charge is 0.497 e. The van der Waals surface area contributed by atoms with Gasteiger partial charge in [-0.2, -0.15) is 0 Å². The molecule has 3 nitrogen and oxygen atoms in total. The second-order valence-electron chi connectivity index (χ2n) is 4.68. The number of methoxy groups -OCH3 is 1. The Labute approximate surface area is 117 Å². The molecule has 0 aliphatic rings. The molecular formula is C16H27NO2. The molecule has 0 saturated heterocycles. The molecule has 1 unspecified atom stereocenters. The first-order valence-electron chi connectivity index (χ1n) is 7.26. The van der Waals surface area contributed by atoms with Crippen molar-refractivity contribution in [3.63, 3.8) is 0 Å². The van der Waals surface area contributed by atoms with Crippen LogP contribution in [0.25, 0.3) is 0 Å². The number of rotatable bonds is 10. The lowest BCUT2D eigenvalue weighted by molar-refractivity contribution is 0.124. The van der Waals surface area contributed by atoms with Crippen molar-refractivity contribution in [3.05, 3.63) is 29.8 Å². The third kappa shape index (κ3) is 6.08. The summed E-state index contributed by atoms with van der Waals surface area (Å²) in [6.07, 6.45) is 3.23. The van der Waals surface area contributed by atoms with E-state index in [2.05, 4.69) is 31.3 Å². The van der Waals surface area contributed by atoms with Crippen molar-refractivity contribution in [2.75, 3.05) is 26.9 Å². The zero-order valence-electron chi connectivity index (χ0n) is 12.4. The van der Waals surface area contributed by atoms with Crippen molar-refractivity contribution in [1.82, 2.24) is 5.32 Å². The van der Waals surface area contributed by atoms with E-state index in [1.165, 1.54) is 5.56 Å². The Bertz CT molecular complexity index is 324.